The van der Waals surface area contributed by atoms with Gasteiger partial charge in [0.05, 0.1) is 0 Å². The average molecular weight is 227 g/mol. The molecule has 1 heterocycles. The molecule has 1 aromatic rings. The minimum Gasteiger partial charge on any atom is -0.385 e. The van der Waals surface area contributed by atoms with Gasteiger partial charge in [0.1, 0.15) is 12.2 Å². The Kier molecular flexibility index (Phi) is 5.99. The summed E-state index contributed by atoms with van der Waals surface area (Å²) in [5.41, 5.74) is 2.78. The predicted octanol–water partition coefficient (Wildman–Crippen LogP) is 0.0990. The van der Waals surface area contributed by atoms with Crippen LogP contribution in [0.1, 0.15) is 25.6 Å². The SMILES string of the molecule is CCCn1ncnc1CC(CCOC)NN. The van der Waals surface area contributed by atoms with Crippen molar-refractivity contribution in [2.45, 2.75) is 38.8 Å². The van der Waals surface area contributed by atoms with Gasteiger partial charge in [-0.2, -0.15) is 5.10 Å². The lowest BCUT2D eigenvalue weighted by Crippen LogP contribution is -2.38. The van der Waals surface area contributed by atoms with Crippen LogP contribution in [0.4, 0.5) is 0 Å². The van der Waals surface area contributed by atoms with Crippen LogP contribution in [0.2, 0.25) is 0 Å². The highest BCUT2D eigenvalue weighted by Gasteiger charge is 2.12. The van der Waals surface area contributed by atoms with E-state index in [1.165, 1.54) is 0 Å². The third-order valence-corrected chi connectivity index (χ3v) is 2.47. The fraction of sp³-hybridized carbons (Fsp3) is 0.800. The fourth-order valence-corrected chi connectivity index (χ4v) is 1.57. The van der Waals surface area contributed by atoms with Crippen LogP contribution >= 0.6 is 0 Å². The van der Waals surface area contributed by atoms with Crippen molar-refractivity contribution < 1.29 is 4.74 Å². The first-order chi connectivity index (χ1) is 7.81. The number of hydrazine groups is 1. The van der Waals surface area contributed by atoms with E-state index in [-0.39, 0.29) is 6.04 Å². The summed E-state index contributed by atoms with van der Waals surface area (Å²) in [5, 5.41) is 4.18. The summed E-state index contributed by atoms with van der Waals surface area (Å²) in [6.07, 6.45) is 4.29. The minimum atomic E-state index is 0.180. The van der Waals surface area contributed by atoms with Crippen LogP contribution in [0.25, 0.3) is 0 Å². The summed E-state index contributed by atoms with van der Waals surface area (Å²) in [5.74, 6) is 6.46. The van der Waals surface area contributed by atoms with E-state index in [0.29, 0.717) is 6.61 Å². The highest BCUT2D eigenvalue weighted by atomic mass is 16.5. The van der Waals surface area contributed by atoms with Crippen LogP contribution in [0, 0.1) is 0 Å². The molecule has 0 spiro atoms. The van der Waals surface area contributed by atoms with E-state index >= 15 is 0 Å². The number of rotatable bonds is 8. The van der Waals surface area contributed by atoms with E-state index in [1.54, 1.807) is 13.4 Å². The first kappa shape index (κ1) is 13.1. The molecule has 1 rings (SSSR count). The molecule has 16 heavy (non-hydrogen) atoms. The first-order valence-electron chi connectivity index (χ1n) is 5.63. The Morgan fingerprint density at radius 3 is 3.06 bits per heavy atom. The molecular formula is C10H21N5O. The number of aryl methyl sites for hydroxylation is 1. The van der Waals surface area contributed by atoms with E-state index in [2.05, 4.69) is 22.4 Å². The van der Waals surface area contributed by atoms with Gasteiger partial charge < -0.3 is 4.74 Å². The molecular weight excluding hydrogens is 206 g/mol. The molecule has 0 fully saturated rings. The molecule has 3 N–H and O–H groups in total. The second-order valence-corrected chi connectivity index (χ2v) is 3.75. The second-order valence-electron chi connectivity index (χ2n) is 3.75. The molecule has 0 saturated carbocycles. The number of hydrogen-bond acceptors (Lipinski definition) is 5. The van der Waals surface area contributed by atoms with Crippen LogP contribution in [-0.4, -0.2) is 34.5 Å². The highest BCUT2D eigenvalue weighted by molar-refractivity contribution is 4.89. The zero-order chi connectivity index (χ0) is 11.8. The van der Waals surface area contributed by atoms with Crippen LogP contribution in [0.15, 0.2) is 6.33 Å². The molecule has 0 bridgehead atoms. The summed E-state index contributed by atoms with van der Waals surface area (Å²) in [6.45, 7) is 3.71. The molecule has 1 unspecified atom stereocenters. The van der Waals surface area contributed by atoms with Gasteiger partial charge in [-0.1, -0.05) is 6.92 Å². The van der Waals surface area contributed by atoms with Crippen molar-refractivity contribution in [2.75, 3.05) is 13.7 Å². The van der Waals surface area contributed by atoms with Crippen LogP contribution in [-0.2, 0) is 17.7 Å². The average Bonchev–Trinajstić information content (AvgIpc) is 2.72. The van der Waals surface area contributed by atoms with Gasteiger partial charge in [0, 0.05) is 32.7 Å². The first-order valence-corrected chi connectivity index (χ1v) is 5.63. The summed E-state index contributed by atoms with van der Waals surface area (Å²) in [4.78, 5) is 4.25. The van der Waals surface area contributed by atoms with Crippen LogP contribution in [0.3, 0.4) is 0 Å². The molecule has 0 amide bonds. The molecule has 1 atom stereocenters. The Labute approximate surface area is 96.2 Å². The number of nitrogens with two attached hydrogens (primary N) is 1. The topological polar surface area (TPSA) is 78.0 Å². The van der Waals surface area contributed by atoms with Gasteiger partial charge >= 0.3 is 0 Å². The molecule has 92 valence electrons. The largest absolute Gasteiger partial charge is 0.385 e. The van der Waals surface area contributed by atoms with Crippen LogP contribution in [0.5, 0.6) is 0 Å². The molecule has 6 nitrogen and oxygen atoms in total. The molecule has 0 aromatic carbocycles. The normalized spacial score (nSPS) is 12.9. The lowest BCUT2D eigenvalue weighted by atomic mass is 10.1. The van der Waals surface area contributed by atoms with Crippen molar-refractivity contribution in [1.82, 2.24) is 20.2 Å². The van der Waals surface area contributed by atoms with Gasteiger partial charge in [-0.15, -0.1) is 0 Å². The predicted molar refractivity (Wildman–Crippen MR) is 61.6 cm³/mol. The maximum Gasteiger partial charge on any atom is 0.138 e. The molecule has 0 saturated heterocycles. The van der Waals surface area contributed by atoms with Crippen molar-refractivity contribution in [1.29, 1.82) is 0 Å². The van der Waals surface area contributed by atoms with E-state index in [0.717, 1.165) is 31.6 Å². The Hall–Kier alpha value is -0.980. The second kappa shape index (κ2) is 7.32. The smallest absolute Gasteiger partial charge is 0.138 e. The van der Waals surface area contributed by atoms with E-state index in [1.807, 2.05) is 4.68 Å². The van der Waals surface area contributed by atoms with Gasteiger partial charge in [-0.3, -0.25) is 16.0 Å². The Morgan fingerprint density at radius 1 is 1.62 bits per heavy atom. The highest BCUT2D eigenvalue weighted by Crippen LogP contribution is 2.03. The van der Waals surface area contributed by atoms with Gasteiger partial charge in [-0.05, 0) is 12.8 Å². The molecule has 0 aliphatic heterocycles. The Morgan fingerprint density at radius 2 is 2.44 bits per heavy atom. The van der Waals surface area contributed by atoms with Gasteiger partial charge in [0.25, 0.3) is 0 Å². The zero-order valence-corrected chi connectivity index (χ0v) is 10.0. The third-order valence-electron chi connectivity index (χ3n) is 2.47. The number of nitrogens with one attached hydrogen (secondary N) is 1. The Bertz CT molecular complexity index is 288. The van der Waals surface area contributed by atoms with Crippen molar-refractivity contribution >= 4 is 0 Å². The molecule has 0 aliphatic rings. The molecule has 0 radical (unpaired) electrons. The number of aromatic nitrogens is 3. The summed E-state index contributed by atoms with van der Waals surface area (Å²) >= 11 is 0. The fourth-order valence-electron chi connectivity index (χ4n) is 1.57. The van der Waals surface area contributed by atoms with Crippen molar-refractivity contribution in [3.05, 3.63) is 12.2 Å². The third kappa shape index (κ3) is 3.88. The standard InChI is InChI=1S/C10H21N5O/c1-3-5-15-10(12-8-13-15)7-9(14-11)4-6-16-2/h8-9,14H,3-7,11H2,1-2H3. The van der Waals surface area contributed by atoms with Gasteiger partial charge in [0.15, 0.2) is 0 Å². The van der Waals surface area contributed by atoms with Crippen molar-refractivity contribution in [3.8, 4) is 0 Å². The number of ether oxygens (including phenoxy) is 1. The Balaban J connectivity index is 2.51. The van der Waals surface area contributed by atoms with E-state index < -0.39 is 0 Å². The number of hydrogen-bond donors (Lipinski definition) is 2. The molecule has 1 aromatic heterocycles. The zero-order valence-electron chi connectivity index (χ0n) is 10.0. The summed E-state index contributed by atoms with van der Waals surface area (Å²) in [7, 11) is 1.69. The maximum absolute atomic E-state index is 5.49. The van der Waals surface area contributed by atoms with Crippen molar-refractivity contribution in [3.63, 3.8) is 0 Å². The lowest BCUT2D eigenvalue weighted by molar-refractivity contribution is 0.182. The lowest BCUT2D eigenvalue weighted by Gasteiger charge is -2.15. The van der Waals surface area contributed by atoms with Gasteiger partial charge in [0.2, 0.25) is 0 Å². The van der Waals surface area contributed by atoms with E-state index in [9.17, 15) is 0 Å². The molecule has 6 heteroatoms. The van der Waals surface area contributed by atoms with E-state index in [4.69, 9.17) is 10.6 Å². The number of nitrogens with zero attached hydrogens (tertiary/aromatic N) is 3. The summed E-state index contributed by atoms with van der Waals surface area (Å²) in [6, 6.07) is 0.180. The maximum atomic E-state index is 5.49. The van der Waals surface area contributed by atoms with Gasteiger partial charge in [-0.25, -0.2) is 4.98 Å². The van der Waals surface area contributed by atoms with Crippen LogP contribution < -0.4 is 11.3 Å². The number of methoxy groups -OCH3 is 1. The molecule has 0 aliphatic carbocycles. The van der Waals surface area contributed by atoms with Crippen molar-refractivity contribution in [2.24, 2.45) is 5.84 Å². The quantitative estimate of drug-likeness (QED) is 0.486. The minimum absolute atomic E-state index is 0.180. The summed E-state index contributed by atoms with van der Waals surface area (Å²) < 4.78 is 6.96. The monoisotopic (exact) mass is 227 g/mol.